The summed E-state index contributed by atoms with van der Waals surface area (Å²) in [4.78, 5) is 57.4. The minimum absolute atomic E-state index is 0.315. The SMILES string of the molecule is CC(OC(=O)C(C)C)Oc1cc([N+](=O)[O-])ccc1OC(=O)Oc1ccc([N+](=O)[O-])cc1OC(C)OC(=O)C(C)C. The van der Waals surface area contributed by atoms with E-state index in [1.54, 1.807) is 27.7 Å². The quantitative estimate of drug-likeness (QED) is 0.111. The summed E-state index contributed by atoms with van der Waals surface area (Å²) in [6.45, 7) is 9.09. The number of ether oxygens (including phenoxy) is 6. The molecule has 2 unspecified atom stereocenters. The van der Waals surface area contributed by atoms with E-state index >= 15 is 0 Å². The lowest BCUT2D eigenvalue weighted by Crippen LogP contribution is -2.25. The molecule has 0 saturated carbocycles. The van der Waals surface area contributed by atoms with Crippen LogP contribution in [0.25, 0.3) is 0 Å². The highest BCUT2D eigenvalue weighted by Gasteiger charge is 2.24. The molecule has 0 N–H and O–H groups in total. The number of carbonyl (C=O) groups is 3. The molecule has 15 nitrogen and oxygen atoms in total. The van der Waals surface area contributed by atoms with Crippen LogP contribution in [0.3, 0.4) is 0 Å². The minimum atomic E-state index is -1.38. The zero-order valence-electron chi connectivity index (χ0n) is 22.5. The average Bonchev–Trinajstić information content (AvgIpc) is 2.85. The third-order valence-electron chi connectivity index (χ3n) is 4.76. The van der Waals surface area contributed by atoms with Gasteiger partial charge in [0.1, 0.15) is 0 Å². The van der Waals surface area contributed by atoms with E-state index in [0.717, 1.165) is 36.4 Å². The third kappa shape index (κ3) is 9.11. The van der Waals surface area contributed by atoms with Gasteiger partial charge in [0.25, 0.3) is 11.4 Å². The zero-order chi connectivity index (χ0) is 30.1. The van der Waals surface area contributed by atoms with E-state index in [-0.39, 0.29) is 23.0 Å². The zero-order valence-corrected chi connectivity index (χ0v) is 22.5. The molecule has 0 aliphatic rings. The van der Waals surface area contributed by atoms with Gasteiger partial charge in [-0.3, -0.25) is 29.8 Å². The Kier molecular flexibility index (Phi) is 10.7. The molecule has 2 aromatic carbocycles. The molecular formula is C25H28N2O13. The Morgan fingerprint density at radius 2 is 0.975 bits per heavy atom. The minimum Gasteiger partial charge on any atom is -0.451 e. The first-order chi connectivity index (χ1) is 18.7. The van der Waals surface area contributed by atoms with Crippen molar-refractivity contribution in [2.45, 2.75) is 54.1 Å². The molecule has 0 saturated heterocycles. The number of rotatable bonds is 12. The van der Waals surface area contributed by atoms with Gasteiger partial charge >= 0.3 is 18.1 Å². The van der Waals surface area contributed by atoms with Crippen molar-refractivity contribution in [3.8, 4) is 23.0 Å². The molecule has 2 rings (SSSR count). The van der Waals surface area contributed by atoms with Crippen molar-refractivity contribution in [3.63, 3.8) is 0 Å². The van der Waals surface area contributed by atoms with Crippen molar-refractivity contribution in [1.29, 1.82) is 0 Å². The lowest BCUT2D eigenvalue weighted by atomic mass is 10.2. The number of non-ortho nitro benzene ring substituents is 2. The lowest BCUT2D eigenvalue weighted by Gasteiger charge is -2.19. The molecule has 0 aliphatic carbocycles. The molecule has 0 spiro atoms. The highest BCUT2D eigenvalue weighted by molar-refractivity contribution is 5.72. The second kappa shape index (κ2) is 13.7. The Balaban J connectivity index is 2.29. The van der Waals surface area contributed by atoms with Crippen molar-refractivity contribution in [3.05, 3.63) is 56.6 Å². The molecule has 40 heavy (non-hydrogen) atoms. The molecule has 0 fully saturated rings. The Hall–Kier alpha value is -4.95. The molecule has 0 amide bonds. The smallest absolute Gasteiger partial charge is 0.451 e. The van der Waals surface area contributed by atoms with Crippen molar-refractivity contribution in [2.75, 3.05) is 0 Å². The van der Waals surface area contributed by atoms with Crippen LogP contribution in [0.4, 0.5) is 16.2 Å². The second-order valence-electron chi connectivity index (χ2n) is 8.78. The molecule has 15 heteroatoms. The molecule has 216 valence electrons. The number of hydrogen-bond acceptors (Lipinski definition) is 13. The first-order valence-corrected chi connectivity index (χ1v) is 11.9. The second-order valence-corrected chi connectivity index (χ2v) is 8.78. The van der Waals surface area contributed by atoms with Gasteiger partial charge in [-0.25, -0.2) is 4.79 Å². The number of nitrogens with zero attached hydrogens (tertiary/aromatic N) is 2. The van der Waals surface area contributed by atoms with Crippen LogP contribution in [0.5, 0.6) is 23.0 Å². The molecule has 0 bridgehead atoms. The maximum absolute atomic E-state index is 12.6. The monoisotopic (exact) mass is 564 g/mol. The third-order valence-corrected chi connectivity index (χ3v) is 4.76. The van der Waals surface area contributed by atoms with Crippen molar-refractivity contribution in [1.82, 2.24) is 0 Å². The Bertz CT molecular complexity index is 1180. The number of benzene rings is 2. The number of nitro groups is 2. The van der Waals surface area contributed by atoms with Gasteiger partial charge in [-0.1, -0.05) is 27.7 Å². The summed E-state index contributed by atoms with van der Waals surface area (Å²) in [6.07, 6.45) is -3.80. The van der Waals surface area contributed by atoms with Crippen LogP contribution in [-0.2, 0) is 19.1 Å². The highest BCUT2D eigenvalue weighted by Crippen LogP contribution is 2.35. The van der Waals surface area contributed by atoms with E-state index in [1.165, 1.54) is 13.8 Å². The highest BCUT2D eigenvalue weighted by atomic mass is 16.7. The first-order valence-electron chi connectivity index (χ1n) is 11.9. The fraction of sp³-hybridized carbons (Fsp3) is 0.400. The molecule has 0 aromatic heterocycles. The molecule has 0 heterocycles. The van der Waals surface area contributed by atoms with Crippen LogP contribution in [0.2, 0.25) is 0 Å². The summed E-state index contributed by atoms with van der Waals surface area (Å²) in [7, 11) is 0. The van der Waals surface area contributed by atoms with Gasteiger partial charge in [0.05, 0.1) is 33.8 Å². The van der Waals surface area contributed by atoms with Gasteiger partial charge in [-0.15, -0.1) is 0 Å². The number of hydrogen-bond donors (Lipinski definition) is 0. The van der Waals surface area contributed by atoms with Crippen molar-refractivity contribution >= 4 is 29.5 Å². The van der Waals surface area contributed by atoms with Crippen molar-refractivity contribution < 1.29 is 52.7 Å². The summed E-state index contributed by atoms with van der Waals surface area (Å²) in [5.41, 5.74) is -0.816. The van der Waals surface area contributed by atoms with E-state index in [1.807, 2.05) is 0 Å². The van der Waals surface area contributed by atoms with Gasteiger partial charge < -0.3 is 28.4 Å². The predicted octanol–water partition coefficient (Wildman–Crippen LogP) is 4.93. The fourth-order valence-electron chi connectivity index (χ4n) is 2.78. The normalized spacial score (nSPS) is 12.2. The van der Waals surface area contributed by atoms with Crippen LogP contribution >= 0.6 is 0 Å². The fourth-order valence-corrected chi connectivity index (χ4v) is 2.78. The standard InChI is InChI=1S/C25H28N2O13/c1-13(2)23(28)37-15(5)35-21-11-17(26(31)32)7-9-19(21)39-25(30)40-20-10-8-18(27(33)34)12-22(20)36-16(6)38-24(29)14(3)4/h7-16H,1-6H3. The molecule has 2 aromatic rings. The lowest BCUT2D eigenvalue weighted by molar-refractivity contribution is -0.385. The summed E-state index contributed by atoms with van der Waals surface area (Å²) in [5.74, 6) is -3.43. The van der Waals surface area contributed by atoms with Crippen LogP contribution < -0.4 is 18.9 Å². The Morgan fingerprint density at radius 3 is 1.27 bits per heavy atom. The Labute approximate surface area is 228 Å². The van der Waals surface area contributed by atoms with E-state index in [2.05, 4.69) is 0 Å². The van der Waals surface area contributed by atoms with E-state index in [9.17, 15) is 34.6 Å². The predicted molar refractivity (Wildman–Crippen MR) is 135 cm³/mol. The van der Waals surface area contributed by atoms with Gasteiger partial charge in [-0.05, 0) is 12.1 Å². The average molecular weight is 565 g/mol. The van der Waals surface area contributed by atoms with E-state index < -0.39 is 63.7 Å². The number of carbonyl (C=O) groups excluding carboxylic acids is 3. The number of nitro benzene ring substituents is 2. The summed E-state index contributed by atoms with van der Waals surface area (Å²) in [5, 5.41) is 22.4. The topological polar surface area (TPSA) is 193 Å². The van der Waals surface area contributed by atoms with Crippen LogP contribution in [0, 0.1) is 32.1 Å². The Morgan fingerprint density at radius 1 is 0.625 bits per heavy atom. The molecule has 2 atom stereocenters. The maximum Gasteiger partial charge on any atom is 0.519 e. The van der Waals surface area contributed by atoms with E-state index in [4.69, 9.17) is 28.4 Å². The molecule has 0 aliphatic heterocycles. The van der Waals surface area contributed by atoms with Gasteiger partial charge in [0.2, 0.25) is 12.6 Å². The molecule has 0 radical (unpaired) electrons. The van der Waals surface area contributed by atoms with E-state index in [0.29, 0.717) is 0 Å². The number of esters is 2. The van der Waals surface area contributed by atoms with Crippen LogP contribution in [0.1, 0.15) is 41.5 Å². The van der Waals surface area contributed by atoms with Gasteiger partial charge in [-0.2, -0.15) is 0 Å². The maximum atomic E-state index is 12.6. The largest absolute Gasteiger partial charge is 0.519 e. The van der Waals surface area contributed by atoms with Gasteiger partial charge in [0, 0.05) is 26.0 Å². The summed E-state index contributed by atoms with van der Waals surface area (Å²) < 4.78 is 31.4. The summed E-state index contributed by atoms with van der Waals surface area (Å²) in [6, 6.07) is 6.09. The first kappa shape index (κ1) is 31.3. The van der Waals surface area contributed by atoms with Crippen LogP contribution in [0.15, 0.2) is 36.4 Å². The molecular weight excluding hydrogens is 536 g/mol. The van der Waals surface area contributed by atoms with Gasteiger partial charge in [0.15, 0.2) is 23.0 Å². The summed E-state index contributed by atoms with van der Waals surface area (Å²) >= 11 is 0. The van der Waals surface area contributed by atoms with Crippen molar-refractivity contribution in [2.24, 2.45) is 11.8 Å². The van der Waals surface area contributed by atoms with Crippen LogP contribution in [-0.4, -0.2) is 40.5 Å².